The lowest BCUT2D eigenvalue weighted by atomic mass is 10.1. The van der Waals surface area contributed by atoms with Gasteiger partial charge in [-0.15, -0.1) is 0 Å². The van der Waals surface area contributed by atoms with Gasteiger partial charge < -0.3 is 16.2 Å². The van der Waals surface area contributed by atoms with Gasteiger partial charge in [0.2, 0.25) is 0 Å². The van der Waals surface area contributed by atoms with E-state index in [0.29, 0.717) is 5.82 Å². The van der Waals surface area contributed by atoms with Gasteiger partial charge in [-0.3, -0.25) is 0 Å². The van der Waals surface area contributed by atoms with Crippen molar-refractivity contribution in [3.05, 3.63) is 17.8 Å². The molecular weight excluding hydrogens is 190 g/mol. The number of aryl methyl sites for hydroxylation is 1. The Kier molecular flexibility index (Phi) is 4.37. The van der Waals surface area contributed by atoms with Crippen LogP contribution in [0.5, 0.6) is 5.75 Å². The monoisotopic (exact) mass is 209 g/mol. The number of aromatic nitrogens is 1. The highest BCUT2D eigenvalue weighted by Crippen LogP contribution is 2.21. The van der Waals surface area contributed by atoms with E-state index in [0.717, 1.165) is 30.6 Å². The van der Waals surface area contributed by atoms with Gasteiger partial charge >= 0.3 is 0 Å². The van der Waals surface area contributed by atoms with Crippen molar-refractivity contribution in [2.45, 2.75) is 32.2 Å². The van der Waals surface area contributed by atoms with Gasteiger partial charge in [-0.25, -0.2) is 4.98 Å². The van der Waals surface area contributed by atoms with Crippen molar-refractivity contribution in [1.29, 1.82) is 0 Å². The number of pyridine rings is 1. The second-order valence-corrected chi connectivity index (χ2v) is 3.79. The van der Waals surface area contributed by atoms with E-state index >= 15 is 0 Å². The molecule has 0 radical (unpaired) electrons. The third-order valence-electron chi connectivity index (χ3n) is 2.29. The van der Waals surface area contributed by atoms with Gasteiger partial charge in [0, 0.05) is 23.9 Å². The Morgan fingerprint density at radius 1 is 1.53 bits per heavy atom. The fourth-order valence-corrected chi connectivity index (χ4v) is 1.47. The first-order valence-electron chi connectivity index (χ1n) is 5.17. The van der Waals surface area contributed by atoms with E-state index in [-0.39, 0.29) is 6.04 Å². The van der Waals surface area contributed by atoms with Crippen LogP contribution in [-0.4, -0.2) is 18.1 Å². The number of anilines is 1. The molecule has 0 unspecified atom stereocenters. The van der Waals surface area contributed by atoms with Crippen molar-refractivity contribution in [3.63, 3.8) is 0 Å². The van der Waals surface area contributed by atoms with Crippen LogP contribution in [0, 0.1) is 0 Å². The minimum absolute atomic E-state index is 0.248. The molecule has 1 atom stereocenters. The molecular formula is C11H19N3O. The molecule has 84 valence electrons. The van der Waals surface area contributed by atoms with Gasteiger partial charge in [0.25, 0.3) is 0 Å². The predicted molar refractivity (Wildman–Crippen MR) is 61.8 cm³/mol. The molecule has 4 N–H and O–H groups in total. The largest absolute Gasteiger partial charge is 0.496 e. The Bertz CT molecular complexity index is 313. The number of methoxy groups -OCH3 is 1. The van der Waals surface area contributed by atoms with Crippen LogP contribution >= 0.6 is 0 Å². The second-order valence-electron chi connectivity index (χ2n) is 3.79. The van der Waals surface area contributed by atoms with Crippen molar-refractivity contribution in [2.24, 2.45) is 5.73 Å². The summed E-state index contributed by atoms with van der Waals surface area (Å²) in [7, 11) is 1.64. The smallest absolute Gasteiger partial charge is 0.127 e. The highest BCUT2D eigenvalue weighted by Gasteiger charge is 2.04. The third-order valence-corrected chi connectivity index (χ3v) is 2.29. The molecule has 0 aliphatic carbocycles. The Labute approximate surface area is 90.6 Å². The molecule has 1 aromatic heterocycles. The summed E-state index contributed by atoms with van der Waals surface area (Å²) in [6.45, 7) is 2.01. The fourth-order valence-electron chi connectivity index (χ4n) is 1.47. The predicted octanol–water partition coefficient (Wildman–Crippen LogP) is 1.34. The van der Waals surface area contributed by atoms with Crippen LogP contribution in [0.15, 0.2) is 12.3 Å². The van der Waals surface area contributed by atoms with Crippen molar-refractivity contribution in [3.8, 4) is 5.75 Å². The summed E-state index contributed by atoms with van der Waals surface area (Å²) >= 11 is 0. The summed E-state index contributed by atoms with van der Waals surface area (Å²) < 4.78 is 5.23. The normalized spacial score (nSPS) is 12.5. The maximum Gasteiger partial charge on any atom is 0.127 e. The number of rotatable bonds is 5. The molecule has 1 rings (SSSR count). The SMILES string of the molecule is COc1cc(N)ncc1CCC[C@H](C)N. The summed E-state index contributed by atoms with van der Waals surface area (Å²) in [6, 6.07) is 2.00. The standard InChI is InChI=1S/C11H19N3O/c1-8(12)4-3-5-9-7-14-11(13)6-10(9)15-2/h6-8H,3-5,12H2,1-2H3,(H2,13,14)/t8-/m0/s1. The van der Waals surface area contributed by atoms with Crippen molar-refractivity contribution in [1.82, 2.24) is 4.98 Å². The van der Waals surface area contributed by atoms with Crippen molar-refractivity contribution in [2.75, 3.05) is 12.8 Å². The molecule has 0 saturated heterocycles. The molecule has 4 heteroatoms. The zero-order valence-corrected chi connectivity index (χ0v) is 9.36. The van der Waals surface area contributed by atoms with Crippen LogP contribution in [-0.2, 0) is 6.42 Å². The van der Waals surface area contributed by atoms with E-state index < -0.39 is 0 Å². The highest BCUT2D eigenvalue weighted by molar-refractivity contribution is 5.41. The van der Waals surface area contributed by atoms with E-state index in [1.807, 2.05) is 6.92 Å². The molecule has 0 saturated carbocycles. The lowest BCUT2D eigenvalue weighted by Crippen LogP contribution is -2.14. The van der Waals surface area contributed by atoms with Gasteiger partial charge in [-0.1, -0.05) is 0 Å². The Balaban J connectivity index is 2.60. The molecule has 4 nitrogen and oxygen atoms in total. The van der Waals surface area contributed by atoms with Crippen LogP contribution < -0.4 is 16.2 Å². The number of ether oxygens (including phenoxy) is 1. The molecule has 0 aliphatic heterocycles. The first kappa shape index (κ1) is 11.8. The zero-order valence-electron chi connectivity index (χ0n) is 9.36. The number of hydrogen-bond acceptors (Lipinski definition) is 4. The van der Waals surface area contributed by atoms with Crippen molar-refractivity contribution < 1.29 is 4.74 Å². The van der Waals surface area contributed by atoms with Crippen molar-refractivity contribution >= 4 is 5.82 Å². The Hall–Kier alpha value is -1.29. The molecule has 0 amide bonds. The van der Waals surface area contributed by atoms with Crippen LogP contribution in [0.3, 0.4) is 0 Å². The van der Waals surface area contributed by atoms with Gasteiger partial charge in [0.15, 0.2) is 0 Å². The van der Waals surface area contributed by atoms with E-state index in [1.54, 1.807) is 19.4 Å². The summed E-state index contributed by atoms with van der Waals surface area (Å²) in [5.41, 5.74) is 12.3. The number of hydrogen-bond donors (Lipinski definition) is 2. The van der Waals surface area contributed by atoms with E-state index in [1.165, 1.54) is 0 Å². The van der Waals surface area contributed by atoms with Gasteiger partial charge in [0.05, 0.1) is 7.11 Å². The molecule has 0 fully saturated rings. The topological polar surface area (TPSA) is 74.2 Å². The van der Waals surface area contributed by atoms with E-state index in [4.69, 9.17) is 16.2 Å². The lowest BCUT2D eigenvalue weighted by molar-refractivity contribution is 0.408. The first-order chi connectivity index (χ1) is 7.13. The van der Waals surface area contributed by atoms with Gasteiger partial charge in [-0.05, 0) is 26.2 Å². The molecule has 0 aromatic carbocycles. The van der Waals surface area contributed by atoms with Crippen LogP contribution in [0.25, 0.3) is 0 Å². The average Bonchev–Trinajstić information content (AvgIpc) is 2.19. The molecule has 0 bridgehead atoms. The lowest BCUT2D eigenvalue weighted by Gasteiger charge is -2.09. The molecule has 15 heavy (non-hydrogen) atoms. The average molecular weight is 209 g/mol. The van der Waals surface area contributed by atoms with E-state index in [2.05, 4.69) is 4.98 Å². The molecule has 0 aliphatic rings. The molecule has 1 aromatic rings. The summed E-state index contributed by atoms with van der Waals surface area (Å²) in [5.74, 6) is 1.30. The number of nitrogens with two attached hydrogens (primary N) is 2. The Morgan fingerprint density at radius 3 is 2.87 bits per heavy atom. The zero-order chi connectivity index (χ0) is 11.3. The third kappa shape index (κ3) is 3.75. The van der Waals surface area contributed by atoms with E-state index in [9.17, 15) is 0 Å². The number of nitrogen functional groups attached to an aromatic ring is 1. The second kappa shape index (κ2) is 5.56. The van der Waals surface area contributed by atoms with Crippen LogP contribution in [0.4, 0.5) is 5.82 Å². The maximum atomic E-state index is 5.68. The first-order valence-corrected chi connectivity index (χ1v) is 5.17. The maximum absolute atomic E-state index is 5.68. The molecule has 0 spiro atoms. The molecule has 1 heterocycles. The Morgan fingerprint density at radius 2 is 2.27 bits per heavy atom. The summed E-state index contributed by atoms with van der Waals surface area (Å²) in [5, 5.41) is 0. The fraction of sp³-hybridized carbons (Fsp3) is 0.545. The number of nitrogens with zero attached hydrogens (tertiary/aromatic N) is 1. The van der Waals surface area contributed by atoms with Crippen LogP contribution in [0.1, 0.15) is 25.3 Å². The summed E-state index contributed by atoms with van der Waals surface area (Å²) in [4.78, 5) is 4.05. The van der Waals surface area contributed by atoms with Gasteiger partial charge in [-0.2, -0.15) is 0 Å². The van der Waals surface area contributed by atoms with Gasteiger partial charge in [0.1, 0.15) is 11.6 Å². The quantitative estimate of drug-likeness (QED) is 0.767. The summed E-state index contributed by atoms with van der Waals surface area (Å²) in [6.07, 6.45) is 4.75. The minimum Gasteiger partial charge on any atom is -0.496 e. The minimum atomic E-state index is 0.248. The van der Waals surface area contributed by atoms with Crippen LogP contribution in [0.2, 0.25) is 0 Å². The highest BCUT2D eigenvalue weighted by atomic mass is 16.5.